The second-order valence-electron chi connectivity index (χ2n) is 3.40. The third-order valence-electron chi connectivity index (χ3n) is 2.61. The van der Waals surface area contributed by atoms with E-state index in [1.54, 1.807) is 0 Å². The molecule has 0 unspecified atom stereocenters. The molecule has 1 aliphatic rings. The second kappa shape index (κ2) is 3.24. The predicted octanol–water partition coefficient (Wildman–Crippen LogP) is 3.22. The highest BCUT2D eigenvalue weighted by atomic mass is 14.3. The van der Waals surface area contributed by atoms with Crippen LogP contribution in [-0.2, 0) is 0 Å². The summed E-state index contributed by atoms with van der Waals surface area (Å²) in [6.07, 6.45) is 7.35. The minimum absolute atomic E-state index is 1.10. The Bertz CT molecular complexity index is 70.1. The van der Waals surface area contributed by atoms with Crippen LogP contribution in [0, 0.1) is 11.8 Å². The second-order valence-corrected chi connectivity index (χ2v) is 3.40. The SMILES string of the molecule is CCCC1CC(CC)C1. The van der Waals surface area contributed by atoms with Crippen molar-refractivity contribution in [1.29, 1.82) is 0 Å². The molecule has 0 N–H and O–H groups in total. The lowest BCUT2D eigenvalue weighted by Crippen LogP contribution is -2.22. The Balaban J connectivity index is 1.98. The summed E-state index contributed by atoms with van der Waals surface area (Å²) in [5.74, 6) is 2.21. The van der Waals surface area contributed by atoms with Crippen molar-refractivity contribution >= 4 is 0 Å². The molecular formula is C9H18. The molecule has 0 aromatic carbocycles. The average Bonchev–Trinajstić information content (AvgIpc) is 1.77. The van der Waals surface area contributed by atoms with E-state index < -0.39 is 0 Å². The van der Waals surface area contributed by atoms with E-state index in [1.165, 1.54) is 32.1 Å². The maximum Gasteiger partial charge on any atom is -0.0409 e. The van der Waals surface area contributed by atoms with Crippen molar-refractivity contribution in [1.82, 2.24) is 0 Å². The smallest absolute Gasteiger partial charge is 0.0409 e. The van der Waals surface area contributed by atoms with Crippen LogP contribution in [0.3, 0.4) is 0 Å². The molecule has 1 aliphatic carbocycles. The van der Waals surface area contributed by atoms with Gasteiger partial charge in [0.15, 0.2) is 0 Å². The summed E-state index contributed by atoms with van der Waals surface area (Å²) in [5.41, 5.74) is 0. The Hall–Kier alpha value is 0. The van der Waals surface area contributed by atoms with Crippen LogP contribution in [0.25, 0.3) is 0 Å². The molecule has 0 spiro atoms. The highest BCUT2D eigenvalue weighted by Crippen LogP contribution is 2.38. The molecule has 0 aromatic rings. The first kappa shape index (κ1) is 7.11. The minimum atomic E-state index is 1.10. The lowest BCUT2D eigenvalue weighted by molar-refractivity contribution is 0.176. The van der Waals surface area contributed by atoms with Crippen molar-refractivity contribution in [3.8, 4) is 0 Å². The summed E-state index contributed by atoms with van der Waals surface area (Å²) in [7, 11) is 0. The number of rotatable bonds is 3. The maximum atomic E-state index is 2.31. The zero-order chi connectivity index (χ0) is 6.69. The first-order valence-corrected chi connectivity index (χ1v) is 4.36. The molecule has 1 saturated carbocycles. The van der Waals surface area contributed by atoms with Crippen molar-refractivity contribution in [2.75, 3.05) is 0 Å². The average molecular weight is 126 g/mol. The van der Waals surface area contributed by atoms with E-state index in [1.807, 2.05) is 0 Å². The molecule has 0 aliphatic heterocycles. The molecule has 9 heavy (non-hydrogen) atoms. The molecule has 1 fully saturated rings. The van der Waals surface area contributed by atoms with Crippen LogP contribution < -0.4 is 0 Å². The Morgan fingerprint density at radius 1 is 1.11 bits per heavy atom. The van der Waals surface area contributed by atoms with Gasteiger partial charge in [-0.3, -0.25) is 0 Å². The van der Waals surface area contributed by atoms with Gasteiger partial charge in [-0.05, 0) is 24.7 Å². The lowest BCUT2D eigenvalue weighted by Gasteiger charge is -2.34. The summed E-state index contributed by atoms with van der Waals surface area (Å²) in [6, 6.07) is 0. The molecule has 0 heterocycles. The summed E-state index contributed by atoms with van der Waals surface area (Å²) in [4.78, 5) is 0. The van der Waals surface area contributed by atoms with E-state index in [0.717, 1.165) is 11.8 Å². The van der Waals surface area contributed by atoms with Gasteiger partial charge in [-0.15, -0.1) is 0 Å². The Morgan fingerprint density at radius 3 is 2.22 bits per heavy atom. The summed E-state index contributed by atoms with van der Waals surface area (Å²) in [6.45, 7) is 4.60. The van der Waals surface area contributed by atoms with Gasteiger partial charge in [-0.2, -0.15) is 0 Å². The summed E-state index contributed by atoms with van der Waals surface area (Å²) in [5, 5.41) is 0. The topological polar surface area (TPSA) is 0 Å². The highest BCUT2D eigenvalue weighted by molar-refractivity contribution is 4.77. The molecule has 54 valence electrons. The van der Waals surface area contributed by atoms with Crippen molar-refractivity contribution in [3.63, 3.8) is 0 Å². The molecule has 0 aromatic heterocycles. The van der Waals surface area contributed by atoms with Gasteiger partial charge in [0, 0.05) is 0 Å². The van der Waals surface area contributed by atoms with Crippen molar-refractivity contribution in [2.24, 2.45) is 11.8 Å². The molecule has 0 bridgehead atoms. The lowest BCUT2D eigenvalue weighted by atomic mass is 9.72. The van der Waals surface area contributed by atoms with Crippen LogP contribution >= 0.6 is 0 Å². The van der Waals surface area contributed by atoms with Crippen molar-refractivity contribution in [3.05, 3.63) is 0 Å². The standard InChI is InChI=1S/C9H18/c1-3-5-9-6-8(4-2)7-9/h8-9H,3-7H2,1-2H3. The van der Waals surface area contributed by atoms with Gasteiger partial charge in [0.2, 0.25) is 0 Å². The molecule has 0 saturated heterocycles. The molecule has 0 heteroatoms. The Morgan fingerprint density at radius 2 is 1.78 bits per heavy atom. The van der Waals surface area contributed by atoms with Crippen LogP contribution in [0.4, 0.5) is 0 Å². The van der Waals surface area contributed by atoms with Gasteiger partial charge in [0.25, 0.3) is 0 Å². The van der Waals surface area contributed by atoms with Gasteiger partial charge in [0.05, 0.1) is 0 Å². The van der Waals surface area contributed by atoms with E-state index in [9.17, 15) is 0 Å². The first-order chi connectivity index (χ1) is 4.36. The van der Waals surface area contributed by atoms with E-state index in [4.69, 9.17) is 0 Å². The highest BCUT2D eigenvalue weighted by Gasteiger charge is 2.25. The third-order valence-corrected chi connectivity index (χ3v) is 2.61. The molecule has 0 amide bonds. The zero-order valence-electron chi connectivity index (χ0n) is 6.69. The Labute approximate surface area is 58.7 Å². The van der Waals surface area contributed by atoms with Gasteiger partial charge in [-0.1, -0.05) is 33.1 Å². The van der Waals surface area contributed by atoms with Crippen LogP contribution in [0.1, 0.15) is 46.0 Å². The molecule has 0 atom stereocenters. The summed E-state index contributed by atoms with van der Waals surface area (Å²) >= 11 is 0. The fraction of sp³-hybridized carbons (Fsp3) is 1.00. The predicted molar refractivity (Wildman–Crippen MR) is 41.4 cm³/mol. The fourth-order valence-electron chi connectivity index (χ4n) is 1.85. The van der Waals surface area contributed by atoms with E-state index in [2.05, 4.69) is 13.8 Å². The molecular weight excluding hydrogens is 108 g/mol. The third kappa shape index (κ3) is 1.70. The minimum Gasteiger partial charge on any atom is -0.0654 e. The van der Waals surface area contributed by atoms with Crippen molar-refractivity contribution in [2.45, 2.75) is 46.0 Å². The molecule has 1 rings (SSSR count). The normalized spacial score (nSPS) is 34.0. The molecule has 0 radical (unpaired) electrons. The van der Waals surface area contributed by atoms with E-state index in [-0.39, 0.29) is 0 Å². The molecule has 0 nitrogen and oxygen atoms in total. The van der Waals surface area contributed by atoms with Crippen LogP contribution in [0.2, 0.25) is 0 Å². The van der Waals surface area contributed by atoms with E-state index >= 15 is 0 Å². The van der Waals surface area contributed by atoms with Crippen LogP contribution in [0.15, 0.2) is 0 Å². The van der Waals surface area contributed by atoms with Crippen LogP contribution in [0.5, 0.6) is 0 Å². The summed E-state index contributed by atoms with van der Waals surface area (Å²) < 4.78 is 0. The van der Waals surface area contributed by atoms with E-state index in [0.29, 0.717) is 0 Å². The van der Waals surface area contributed by atoms with Crippen LogP contribution in [-0.4, -0.2) is 0 Å². The maximum absolute atomic E-state index is 2.31. The van der Waals surface area contributed by atoms with Crippen molar-refractivity contribution < 1.29 is 0 Å². The number of hydrogen-bond donors (Lipinski definition) is 0. The quantitative estimate of drug-likeness (QED) is 0.544. The largest absolute Gasteiger partial charge is 0.0654 e. The zero-order valence-corrected chi connectivity index (χ0v) is 6.69. The Kier molecular flexibility index (Phi) is 2.56. The van der Waals surface area contributed by atoms with Gasteiger partial charge in [-0.25, -0.2) is 0 Å². The van der Waals surface area contributed by atoms with Gasteiger partial charge in [0.1, 0.15) is 0 Å². The van der Waals surface area contributed by atoms with Gasteiger partial charge >= 0.3 is 0 Å². The first-order valence-electron chi connectivity index (χ1n) is 4.36. The monoisotopic (exact) mass is 126 g/mol. The fourth-order valence-corrected chi connectivity index (χ4v) is 1.85. The number of hydrogen-bond acceptors (Lipinski definition) is 0. The van der Waals surface area contributed by atoms with Gasteiger partial charge < -0.3 is 0 Å².